The highest BCUT2D eigenvalue weighted by Crippen LogP contribution is 2.23. The topological polar surface area (TPSA) is 113 Å². The van der Waals surface area contributed by atoms with Crippen LogP contribution in [0.1, 0.15) is 24.2 Å². The first-order valence-corrected chi connectivity index (χ1v) is 4.96. The summed E-state index contributed by atoms with van der Waals surface area (Å²) in [5.74, 6) is -0.836. The molecule has 0 N–H and O–H groups in total. The van der Waals surface area contributed by atoms with Gasteiger partial charge in [0.15, 0.2) is 0 Å². The van der Waals surface area contributed by atoms with Gasteiger partial charge in [-0.05, 0) is 13.8 Å². The maximum absolute atomic E-state index is 11.5. The van der Waals surface area contributed by atoms with E-state index < -0.39 is 33.3 Å². The van der Waals surface area contributed by atoms with Crippen LogP contribution < -0.4 is 0 Å². The van der Waals surface area contributed by atoms with Crippen molar-refractivity contribution in [2.75, 3.05) is 0 Å². The van der Waals surface area contributed by atoms with Crippen molar-refractivity contribution in [1.82, 2.24) is 0 Å². The molecule has 0 fully saturated rings. The Morgan fingerprint density at radius 2 is 1.56 bits per heavy atom. The Labute approximate surface area is 101 Å². The van der Waals surface area contributed by atoms with Gasteiger partial charge in [0, 0.05) is 12.1 Å². The molecule has 0 saturated carbocycles. The van der Waals surface area contributed by atoms with Crippen LogP contribution in [0.5, 0.6) is 0 Å². The van der Waals surface area contributed by atoms with Gasteiger partial charge in [0.25, 0.3) is 11.4 Å². The Kier molecular flexibility index (Phi) is 3.93. The maximum Gasteiger partial charge on any atom is 0.338 e. The first-order chi connectivity index (χ1) is 8.31. The number of benzene rings is 1. The van der Waals surface area contributed by atoms with Crippen molar-refractivity contribution in [3.05, 3.63) is 44.0 Å². The molecule has 0 saturated heterocycles. The summed E-state index contributed by atoms with van der Waals surface area (Å²) >= 11 is 0. The van der Waals surface area contributed by atoms with Crippen molar-refractivity contribution in [2.45, 2.75) is 20.0 Å². The quantitative estimate of drug-likeness (QED) is 0.461. The number of ether oxygens (including phenoxy) is 1. The predicted octanol–water partition coefficient (Wildman–Crippen LogP) is 2.07. The summed E-state index contributed by atoms with van der Waals surface area (Å²) in [5.41, 5.74) is -1.27. The van der Waals surface area contributed by atoms with Crippen LogP contribution in [0.2, 0.25) is 0 Å². The number of carbonyl (C=O) groups excluding carboxylic acids is 1. The van der Waals surface area contributed by atoms with Gasteiger partial charge in [-0.25, -0.2) is 4.79 Å². The molecule has 1 aromatic rings. The summed E-state index contributed by atoms with van der Waals surface area (Å²) in [5, 5.41) is 21.2. The van der Waals surface area contributed by atoms with Gasteiger partial charge in [0.2, 0.25) is 0 Å². The van der Waals surface area contributed by atoms with E-state index in [0.29, 0.717) is 0 Å². The Balaban J connectivity index is 3.23. The second-order valence-electron chi connectivity index (χ2n) is 3.71. The molecule has 0 aromatic heterocycles. The van der Waals surface area contributed by atoms with E-state index in [1.165, 1.54) is 0 Å². The van der Waals surface area contributed by atoms with Crippen molar-refractivity contribution in [3.63, 3.8) is 0 Å². The molecule has 0 aliphatic heterocycles. The summed E-state index contributed by atoms with van der Waals surface area (Å²) in [4.78, 5) is 31.1. The van der Waals surface area contributed by atoms with E-state index in [2.05, 4.69) is 0 Å². The zero-order valence-corrected chi connectivity index (χ0v) is 9.65. The molecule has 0 amide bonds. The fraction of sp³-hybridized carbons (Fsp3) is 0.300. The Hall–Kier alpha value is -2.51. The highest BCUT2D eigenvalue weighted by Gasteiger charge is 2.21. The number of nitro benzene ring substituents is 2. The van der Waals surface area contributed by atoms with Gasteiger partial charge in [-0.3, -0.25) is 20.2 Å². The summed E-state index contributed by atoms with van der Waals surface area (Å²) in [6, 6.07) is 2.67. The minimum atomic E-state index is -0.836. The SMILES string of the molecule is CC(C)OC(=O)c1cc([N+](=O)[O-])cc([N+](=O)[O-])c1. The molecule has 8 heteroatoms. The van der Waals surface area contributed by atoms with Crippen molar-refractivity contribution in [3.8, 4) is 0 Å². The first-order valence-electron chi connectivity index (χ1n) is 4.96. The molecule has 0 heterocycles. The third-order valence-corrected chi connectivity index (χ3v) is 1.90. The summed E-state index contributed by atoms with van der Waals surface area (Å²) in [7, 11) is 0. The number of non-ortho nitro benzene ring substituents is 2. The van der Waals surface area contributed by atoms with E-state index in [9.17, 15) is 25.0 Å². The third-order valence-electron chi connectivity index (χ3n) is 1.90. The summed E-state index contributed by atoms with van der Waals surface area (Å²) in [6.07, 6.45) is -0.421. The molecular weight excluding hydrogens is 244 g/mol. The van der Waals surface area contributed by atoms with Gasteiger partial charge in [0.05, 0.1) is 27.6 Å². The summed E-state index contributed by atoms with van der Waals surface area (Å²) in [6.45, 7) is 3.20. The predicted molar refractivity (Wildman–Crippen MR) is 60.3 cm³/mol. The molecule has 8 nitrogen and oxygen atoms in total. The Morgan fingerprint density at radius 1 is 1.11 bits per heavy atom. The molecule has 0 bridgehead atoms. The van der Waals surface area contributed by atoms with Crippen molar-refractivity contribution in [1.29, 1.82) is 0 Å². The van der Waals surface area contributed by atoms with Crippen LogP contribution in [-0.4, -0.2) is 21.9 Å². The first kappa shape index (κ1) is 13.6. The minimum absolute atomic E-state index is 0.218. The average Bonchev–Trinajstić information content (AvgIpc) is 2.27. The third kappa shape index (κ3) is 3.24. The van der Waals surface area contributed by atoms with E-state index in [0.717, 1.165) is 18.2 Å². The summed E-state index contributed by atoms with van der Waals surface area (Å²) < 4.78 is 4.82. The van der Waals surface area contributed by atoms with E-state index in [1.807, 2.05) is 0 Å². The molecule has 0 unspecified atom stereocenters. The van der Waals surface area contributed by atoms with E-state index in [4.69, 9.17) is 4.74 Å². The lowest BCUT2D eigenvalue weighted by molar-refractivity contribution is -0.394. The number of hydrogen-bond donors (Lipinski definition) is 0. The highest BCUT2D eigenvalue weighted by atomic mass is 16.6. The molecular formula is C10H10N2O6. The fourth-order valence-electron chi connectivity index (χ4n) is 1.21. The van der Waals surface area contributed by atoms with Gasteiger partial charge in [-0.2, -0.15) is 0 Å². The number of nitrogens with zero attached hydrogens (tertiary/aromatic N) is 2. The molecule has 0 atom stereocenters. The Morgan fingerprint density at radius 3 is 1.89 bits per heavy atom. The monoisotopic (exact) mass is 254 g/mol. The molecule has 0 aliphatic rings. The number of nitro groups is 2. The van der Waals surface area contributed by atoms with Crippen molar-refractivity contribution >= 4 is 17.3 Å². The van der Waals surface area contributed by atoms with Crippen LogP contribution in [0.3, 0.4) is 0 Å². The smallest absolute Gasteiger partial charge is 0.338 e. The van der Waals surface area contributed by atoms with Crippen LogP contribution in [0.4, 0.5) is 11.4 Å². The van der Waals surface area contributed by atoms with E-state index >= 15 is 0 Å². The van der Waals surface area contributed by atoms with Gasteiger partial charge in [-0.1, -0.05) is 0 Å². The molecule has 1 aromatic carbocycles. The van der Waals surface area contributed by atoms with Crippen LogP contribution >= 0.6 is 0 Å². The number of carbonyl (C=O) groups is 1. The standard InChI is InChI=1S/C10H10N2O6/c1-6(2)18-10(13)7-3-8(11(14)15)5-9(4-7)12(16)17/h3-6H,1-2H3. The average molecular weight is 254 g/mol. The molecule has 0 spiro atoms. The lowest BCUT2D eigenvalue weighted by Crippen LogP contribution is -2.12. The second-order valence-corrected chi connectivity index (χ2v) is 3.71. The van der Waals surface area contributed by atoms with Gasteiger partial charge < -0.3 is 4.74 Å². The van der Waals surface area contributed by atoms with Crippen molar-refractivity contribution < 1.29 is 19.4 Å². The molecule has 18 heavy (non-hydrogen) atoms. The van der Waals surface area contributed by atoms with Crippen molar-refractivity contribution in [2.24, 2.45) is 0 Å². The van der Waals surface area contributed by atoms with E-state index in [-0.39, 0.29) is 5.56 Å². The van der Waals surface area contributed by atoms with Crippen LogP contribution in [0, 0.1) is 20.2 Å². The highest BCUT2D eigenvalue weighted by molar-refractivity contribution is 5.91. The molecule has 96 valence electrons. The number of hydrogen-bond acceptors (Lipinski definition) is 6. The minimum Gasteiger partial charge on any atom is -0.459 e. The lowest BCUT2D eigenvalue weighted by atomic mass is 10.2. The maximum atomic E-state index is 11.5. The Bertz CT molecular complexity index is 479. The lowest BCUT2D eigenvalue weighted by Gasteiger charge is -2.07. The molecule has 1 rings (SSSR count). The van der Waals surface area contributed by atoms with Crippen LogP contribution in [0.25, 0.3) is 0 Å². The molecule has 0 radical (unpaired) electrons. The van der Waals surface area contributed by atoms with Gasteiger partial charge >= 0.3 is 5.97 Å². The zero-order chi connectivity index (χ0) is 13.9. The van der Waals surface area contributed by atoms with Gasteiger partial charge in [0.1, 0.15) is 0 Å². The largest absolute Gasteiger partial charge is 0.459 e. The fourth-order valence-corrected chi connectivity index (χ4v) is 1.21. The number of esters is 1. The van der Waals surface area contributed by atoms with Crippen LogP contribution in [-0.2, 0) is 4.74 Å². The normalized spacial score (nSPS) is 10.2. The number of rotatable bonds is 4. The molecule has 0 aliphatic carbocycles. The second kappa shape index (κ2) is 5.21. The van der Waals surface area contributed by atoms with Gasteiger partial charge in [-0.15, -0.1) is 0 Å². The zero-order valence-electron chi connectivity index (χ0n) is 9.65. The van der Waals surface area contributed by atoms with E-state index in [1.54, 1.807) is 13.8 Å². The van der Waals surface area contributed by atoms with Crippen LogP contribution in [0.15, 0.2) is 18.2 Å².